The minimum absolute atomic E-state index is 0.0137. The van der Waals surface area contributed by atoms with Gasteiger partial charge in [-0.25, -0.2) is 4.98 Å². The highest BCUT2D eigenvalue weighted by atomic mass is 32.2. The highest BCUT2D eigenvalue weighted by molar-refractivity contribution is 8.00. The molecule has 122 valence electrons. The Morgan fingerprint density at radius 1 is 1.12 bits per heavy atom. The molecule has 3 aromatic rings. The molecule has 0 aliphatic heterocycles. The van der Waals surface area contributed by atoms with Crippen molar-refractivity contribution in [2.75, 3.05) is 10.0 Å². The third kappa shape index (κ3) is 4.84. The molecule has 2 N–H and O–H groups in total. The lowest BCUT2D eigenvalue weighted by atomic mass is 10.1. The summed E-state index contributed by atoms with van der Waals surface area (Å²) in [4.78, 5) is 17.3. The minimum atomic E-state index is -0.0137. The van der Waals surface area contributed by atoms with Crippen molar-refractivity contribution in [2.45, 2.75) is 18.2 Å². The van der Waals surface area contributed by atoms with Crippen molar-refractivity contribution in [1.29, 1.82) is 0 Å². The Bertz CT molecular complexity index is 784. The summed E-state index contributed by atoms with van der Waals surface area (Å²) in [6.45, 7) is 2.03. The van der Waals surface area contributed by atoms with Crippen LogP contribution in [0, 0.1) is 6.92 Å². The molecule has 1 aromatic heterocycles. The number of hydrogen-bond acceptors (Lipinski definition) is 5. The first kappa shape index (κ1) is 16.5. The van der Waals surface area contributed by atoms with Crippen molar-refractivity contribution < 1.29 is 4.79 Å². The van der Waals surface area contributed by atoms with Crippen LogP contribution in [0.2, 0.25) is 0 Å². The normalized spacial score (nSPS) is 10.4. The number of anilines is 2. The molecular formula is C18H17N3OS2. The van der Waals surface area contributed by atoms with Crippen LogP contribution in [0.4, 0.5) is 10.8 Å². The van der Waals surface area contributed by atoms with Gasteiger partial charge in [-0.3, -0.25) is 4.79 Å². The van der Waals surface area contributed by atoms with Gasteiger partial charge in [0.25, 0.3) is 0 Å². The molecule has 0 bridgehead atoms. The molecule has 0 radical (unpaired) electrons. The number of benzene rings is 2. The second-order valence-electron chi connectivity index (χ2n) is 5.28. The average Bonchev–Trinajstić information content (AvgIpc) is 3.10. The van der Waals surface area contributed by atoms with E-state index in [0.717, 1.165) is 21.3 Å². The van der Waals surface area contributed by atoms with Gasteiger partial charge in [0, 0.05) is 22.2 Å². The van der Waals surface area contributed by atoms with Crippen LogP contribution in [-0.4, -0.2) is 10.9 Å². The summed E-state index contributed by atoms with van der Waals surface area (Å²) in [6, 6.07) is 15.7. The Kier molecular flexibility index (Phi) is 5.51. The van der Waals surface area contributed by atoms with Gasteiger partial charge < -0.3 is 10.0 Å². The van der Waals surface area contributed by atoms with Gasteiger partial charge in [-0.2, -0.15) is 0 Å². The first-order valence-corrected chi connectivity index (χ1v) is 9.16. The predicted molar refractivity (Wildman–Crippen MR) is 102 cm³/mol. The van der Waals surface area contributed by atoms with Crippen LogP contribution in [-0.2, 0) is 11.2 Å². The molecule has 0 spiro atoms. The monoisotopic (exact) mass is 355 g/mol. The third-order valence-electron chi connectivity index (χ3n) is 3.31. The summed E-state index contributed by atoms with van der Waals surface area (Å²) in [6.07, 6.45) is 2.14. The van der Waals surface area contributed by atoms with Gasteiger partial charge in [0.2, 0.25) is 5.91 Å². The van der Waals surface area contributed by atoms with Crippen molar-refractivity contribution in [3.8, 4) is 0 Å². The molecule has 0 atom stereocenters. The van der Waals surface area contributed by atoms with E-state index >= 15 is 0 Å². The second-order valence-corrected chi connectivity index (χ2v) is 7.05. The second kappa shape index (κ2) is 7.99. The van der Waals surface area contributed by atoms with Gasteiger partial charge in [0.05, 0.1) is 6.42 Å². The molecule has 2 aromatic carbocycles. The van der Waals surface area contributed by atoms with Crippen LogP contribution in [0.3, 0.4) is 0 Å². The lowest BCUT2D eigenvalue weighted by molar-refractivity contribution is -0.115. The van der Waals surface area contributed by atoms with Crippen LogP contribution in [0.5, 0.6) is 0 Å². The zero-order valence-electron chi connectivity index (χ0n) is 13.2. The van der Waals surface area contributed by atoms with Crippen LogP contribution < -0.4 is 10.0 Å². The van der Waals surface area contributed by atoms with Gasteiger partial charge in [-0.15, -0.1) is 11.3 Å². The predicted octanol–water partition coefficient (Wildman–Crippen LogP) is 4.75. The van der Waals surface area contributed by atoms with E-state index in [1.54, 1.807) is 17.5 Å². The fourth-order valence-electron chi connectivity index (χ4n) is 2.08. The van der Waals surface area contributed by atoms with E-state index in [4.69, 9.17) is 0 Å². The average molecular weight is 355 g/mol. The number of nitrogens with zero attached hydrogens (tertiary/aromatic N) is 1. The highest BCUT2D eigenvalue weighted by Crippen LogP contribution is 2.23. The number of amides is 1. The van der Waals surface area contributed by atoms with Crippen molar-refractivity contribution in [1.82, 2.24) is 4.98 Å². The van der Waals surface area contributed by atoms with E-state index in [9.17, 15) is 4.79 Å². The summed E-state index contributed by atoms with van der Waals surface area (Å²) >= 11 is 3.05. The SMILES string of the molecule is Cc1ccc(CC(=O)Nc2ccc(SNc3nccs3)cc2)cc1. The molecular weight excluding hydrogens is 338 g/mol. The maximum absolute atomic E-state index is 12.1. The number of nitrogens with one attached hydrogen (secondary N) is 2. The molecule has 6 heteroatoms. The van der Waals surface area contributed by atoms with Crippen molar-refractivity contribution >= 4 is 40.0 Å². The molecule has 0 unspecified atom stereocenters. The number of hydrogen-bond donors (Lipinski definition) is 2. The fraction of sp³-hybridized carbons (Fsp3) is 0.111. The molecule has 3 rings (SSSR count). The van der Waals surface area contributed by atoms with Crippen molar-refractivity contribution in [3.63, 3.8) is 0 Å². The molecule has 4 nitrogen and oxygen atoms in total. The summed E-state index contributed by atoms with van der Waals surface area (Å²) in [5, 5.41) is 5.72. The summed E-state index contributed by atoms with van der Waals surface area (Å²) in [5.74, 6) is -0.0137. The van der Waals surface area contributed by atoms with Gasteiger partial charge >= 0.3 is 0 Å². The summed E-state index contributed by atoms with van der Waals surface area (Å²) in [5.41, 5.74) is 3.00. The Morgan fingerprint density at radius 3 is 2.54 bits per heavy atom. The van der Waals surface area contributed by atoms with E-state index < -0.39 is 0 Å². The Labute approximate surface area is 149 Å². The number of aryl methyl sites for hydroxylation is 1. The molecule has 0 aliphatic rings. The standard InChI is InChI=1S/C18H17N3OS2/c1-13-2-4-14(5-3-13)12-17(22)20-15-6-8-16(9-7-15)24-21-18-19-10-11-23-18/h2-11H,12H2,1H3,(H,19,21)(H,20,22). The van der Waals surface area contributed by atoms with Crippen LogP contribution in [0.25, 0.3) is 0 Å². The fourth-order valence-corrected chi connectivity index (χ4v) is 3.30. The topological polar surface area (TPSA) is 54.0 Å². The first-order valence-electron chi connectivity index (χ1n) is 7.47. The number of rotatable bonds is 6. The van der Waals surface area contributed by atoms with E-state index in [0.29, 0.717) is 6.42 Å². The molecule has 1 amide bonds. The zero-order chi connectivity index (χ0) is 16.8. The number of carbonyl (C=O) groups is 1. The zero-order valence-corrected chi connectivity index (χ0v) is 14.8. The maximum Gasteiger partial charge on any atom is 0.228 e. The van der Waals surface area contributed by atoms with Gasteiger partial charge in [-0.05, 0) is 48.7 Å². The van der Waals surface area contributed by atoms with E-state index in [1.165, 1.54) is 17.5 Å². The molecule has 0 aliphatic carbocycles. The largest absolute Gasteiger partial charge is 0.326 e. The van der Waals surface area contributed by atoms with E-state index in [2.05, 4.69) is 15.0 Å². The van der Waals surface area contributed by atoms with Crippen LogP contribution in [0.1, 0.15) is 11.1 Å². The number of carbonyl (C=O) groups excluding carboxylic acids is 1. The molecule has 0 fully saturated rings. The molecule has 0 saturated carbocycles. The van der Waals surface area contributed by atoms with Gasteiger partial charge in [-0.1, -0.05) is 29.8 Å². The van der Waals surface area contributed by atoms with Crippen molar-refractivity contribution in [2.24, 2.45) is 0 Å². The molecule has 1 heterocycles. The Morgan fingerprint density at radius 2 is 1.88 bits per heavy atom. The summed E-state index contributed by atoms with van der Waals surface area (Å²) < 4.78 is 3.18. The van der Waals surface area contributed by atoms with Crippen LogP contribution >= 0.6 is 23.3 Å². The number of aromatic nitrogens is 1. The van der Waals surface area contributed by atoms with Gasteiger partial charge in [0.15, 0.2) is 5.13 Å². The Hall–Kier alpha value is -2.31. The minimum Gasteiger partial charge on any atom is -0.326 e. The van der Waals surface area contributed by atoms with E-state index in [1.807, 2.05) is 60.8 Å². The smallest absolute Gasteiger partial charge is 0.228 e. The Balaban J connectivity index is 1.51. The lowest BCUT2D eigenvalue weighted by Crippen LogP contribution is -2.14. The quantitative estimate of drug-likeness (QED) is 0.627. The van der Waals surface area contributed by atoms with Gasteiger partial charge in [0.1, 0.15) is 0 Å². The lowest BCUT2D eigenvalue weighted by Gasteiger charge is -2.07. The van der Waals surface area contributed by atoms with E-state index in [-0.39, 0.29) is 5.91 Å². The van der Waals surface area contributed by atoms with Crippen molar-refractivity contribution in [3.05, 3.63) is 71.2 Å². The molecule has 0 saturated heterocycles. The first-order chi connectivity index (χ1) is 11.7. The number of thiazole rings is 1. The van der Waals surface area contributed by atoms with Crippen LogP contribution in [0.15, 0.2) is 65.0 Å². The molecule has 24 heavy (non-hydrogen) atoms. The highest BCUT2D eigenvalue weighted by Gasteiger charge is 2.04. The summed E-state index contributed by atoms with van der Waals surface area (Å²) in [7, 11) is 0. The third-order valence-corrected chi connectivity index (χ3v) is 4.93. The maximum atomic E-state index is 12.1.